The molecule has 2 rings (SSSR count). The molecule has 0 saturated carbocycles. The third-order valence-corrected chi connectivity index (χ3v) is 3.99. The largest absolute Gasteiger partial charge is 0.496 e. The van der Waals surface area contributed by atoms with Crippen LogP contribution in [0, 0.1) is 0 Å². The van der Waals surface area contributed by atoms with Gasteiger partial charge in [-0.05, 0) is 46.1 Å². The highest BCUT2D eigenvalue weighted by Crippen LogP contribution is 2.21. The molecule has 126 valence electrons. The number of benzene rings is 2. The highest BCUT2D eigenvalue weighted by molar-refractivity contribution is 9.10. The molecule has 0 aliphatic carbocycles. The molecular formula is C18H18BrNO4. The first-order valence-corrected chi connectivity index (χ1v) is 8.21. The highest BCUT2D eigenvalue weighted by Gasteiger charge is 2.10. The summed E-state index contributed by atoms with van der Waals surface area (Å²) in [7, 11) is 1.59. The van der Waals surface area contributed by atoms with Crippen LogP contribution >= 0.6 is 15.9 Å². The fourth-order valence-electron chi connectivity index (χ4n) is 2.11. The van der Waals surface area contributed by atoms with E-state index in [1.54, 1.807) is 19.2 Å². The summed E-state index contributed by atoms with van der Waals surface area (Å²) in [5.74, 6) is -0.0762. The second kappa shape index (κ2) is 9.08. The van der Waals surface area contributed by atoms with Gasteiger partial charge in [-0.3, -0.25) is 9.59 Å². The van der Waals surface area contributed by atoms with Crippen LogP contribution in [-0.4, -0.2) is 25.6 Å². The van der Waals surface area contributed by atoms with Gasteiger partial charge in [-0.25, -0.2) is 0 Å². The van der Waals surface area contributed by atoms with Gasteiger partial charge in [-0.15, -0.1) is 0 Å². The number of amides is 1. The predicted molar refractivity (Wildman–Crippen MR) is 95.0 cm³/mol. The summed E-state index contributed by atoms with van der Waals surface area (Å²) >= 11 is 3.33. The molecule has 2 aromatic rings. The van der Waals surface area contributed by atoms with Crippen LogP contribution in [-0.2, 0) is 20.7 Å². The van der Waals surface area contributed by atoms with Gasteiger partial charge >= 0.3 is 5.97 Å². The molecule has 0 atom stereocenters. The van der Waals surface area contributed by atoms with Crippen LogP contribution in [0.2, 0.25) is 0 Å². The monoisotopic (exact) mass is 391 g/mol. The van der Waals surface area contributed by atoms with E-state index in [0.717, 1.165) is 15.8 Å². The number of rotatable bonds is 7. The number of aryl methyl sites for hydroxylation is 1. The van der Waals surface area contributed by atoms with E-state index in [9.17, 15) is 9.59 Å². The Bertz CT molecular complexity index is 718. The summed E-state index contributed by atoms with van der Waals surface area (Å²) in [6, 6.07) is 14.7. The molecule has 0 aliphatic heterocycles. The average molecular weight is 392 g/mol. The van der Waals surface area contributed by atoms with E-state index >= 15 is 0 Å². The number of ether oxygens (including phenoxy) is 2. The van der Waals surface area contributed by atoms with E-state index < -0.39 is 5.97 Å². The second-order valence-electron chi connectivity index (χ2n) is 5.00. The van der Waals surface area contributed by atoms with E-state index in [0.29, 0.717) is 12.1 Å². The Labute approximate surface area is 149 Å². The SMILES string of the molecule is COc1ccccc1CCC(=O)OCC(=O)Nc1ccccc1Br. The molecule has 0 aromatic heterocycles. The lowest BCUT2D eigenvalue weighted by Crippen LogP contribution is -2.21. The van der Waals surface area contributed by atoms with Gasteiger partial charge in [-0.2, -0.15) is 0 Å². The second-order valence-corrected chi connectivity index (χ2v) is 5.85. The van der Waals surface area contributed by atoms with Crippen molar-refractivity contribution in [1.29, 1.82) is 0 Å². The van der Waals surface area contributed by atoms with Crippen LogP contribution in [0.25, 0.3) is 0 Å². The van der Waals surface area contributed by atoms with Crippen LogP contribution in [0.4, 0.5) is 5.69 Å². The molecule has 1 amide bonds. The van der Waals surface area contributed by atoms with Crippen molar-refractivity contribution in [3.63, 3.8) is 0 Å². The zero-order chi connectivity index (χ0) is 17.4. The van der Waals surface area contributed by atoms with E-state index in [4.69, 9.17) is 9.47 Å². The molecule has 0 fully saturated rings. The summed E-state index contributed by atoms with van der Waals surface area (Å²) in [5.41, 5.74) is 1.56. The zero-order valence-corrected chi connectivity index (χ0v) is 14.8. The molecule has 0 unspecified atom stereocenters. The summed E-state index contributed by atoms with van der Waals surface area (Å²) in [6.45, 7) is -0.313. The van der Waals surface area contributed by atoms with Gasteiger partial charge in [0.25, 0.3) is 5.91 Å². The van der Waals surface area contributed by atoms with Gasteiger partial charge in [0.1, 0.15) is 5.75 Å². The standard InChI is InChI=1S/C18H18BrNO4/c1-23-16-9-5-2-6-13(16)10-11-18(22)24-12-17(21)20-15-8-4-3-7-14(15)19/h2-9H,10-12H2,1H3,(H,20,21). The Balaban J connectivity index is 1.77. The van der Waals surface area contributed by atoms with Crippen molar-refractivity contribution in [2.75, 3.05) is 19.0 Å². The lowest BCUT2D eigenvalue weighted by Gasteiger charge is -2.09. The summed E-state index contributed by atoms with van der Waals surface area (Å²) in [5, 5.41) is 2.67. The van der Waals surface area contributed by atoms with Crippen molar-refractivity contribution < 1.29 is 19.1 Å². The first-order valence-electron chi connectivity index (χ1n) is 7.42. The van der Waals surface area contributed by atoms with Crippen molar-refractivity contribution in [3.8, 4) is 5.75 Å². The Hall–Kier alpha value is -2.34. The maximum atomic E-state index is 11.8. The highest BCUT2D eigenvalue weighted by atomic mass is 79.9. The maximum absolute atomic E-state index is 11.8. The van der Waals surface area contributed by atoms with Crippen molar-refractivity contribution >= 4 is 33.5 Å². The molecule has 6 heteroatoms. The Morgan fingerprint density at radius 3 is 2.54 bits per heavy atom. The Kier molecular flexibility index (Phi) is 6.81. The number of carbonyl (C=O) groups is 2. The first kappa shape index (κ1) is 18.0. The van der Waals surface area contributed by atoms with Crippen molar-refractivity contribution in [2.24, 2.45) is 0 Å². The molecule has 0 bridgehead atoms. The Morgan fingerprint density at radius 1 is 1.08 bits per heavy atom. The minimum Gasteiger partial charge on any atom is -0.496 e. The Morgan fingerprint density at radius 2 is 1.79 bits per heavy atom. The maximum Gasteiger partial charge on any atom is 0.306 e. The summed E-state index contributed by atoms with van der Waals surface area (Å²) in [4.78, 5) is 23.6. The normalized spacial score (nSPS) is 10.1. The topological polar surface area (TPSA) is 64.6 Å². The van der Waals surface area contributed by atoms with Crippen molar-refractivity contribution in [2.45, 2.75) is 12.8 Å². The fourth-order valence-corrected chi connectivity index (χ4v) is 2.50. The average Bonchev–Trinajstić information content (AvgIpc) is 2.60. The third-order valence-electron chi connectivity index (χ3n) is 3.30. The van der Waals surface area contributed by atoms with E-state index in [1.165, 1.54) is 0 Å². The number of carbonyl (C=O) groups excluding carboxylic acids is 2. The number of hydrogen-bond donors (Lipinski definition) is 1. The molecule has 0 saturated heterocycles. The summed E-state index contributed by atoms with van der Waals surface area (Å²) < 4.78 is 11.0. The van der Waals surface area contributed by atoms with Gasteiger partial charge in [0.05, 0.1) is 12.8 Å². The molecule has 0 spiro atoms. The number of nitrogens with one attached hydrogen (secondary N) is 1. The number of methoxy groups -OCH3 is 1. The lowest BCUT2D eigenvalue weighted by molar-refractivity contribution is -0.147. The third kappa shape index (κ3) is 5.38. The van der Waals surface area contributed by atoms with Crippen LogP contribution < -0.4 is 10.1 Å². The molecule has 0 aliphatic rings. The molecule has 0 heterocycles. The molecule has 1 N–H and O–H groups in total. The number of halogens is 1. The number of anilines is 1. The molecular weight excluding hydrogens is 374 g/mol. The molecule has 0 radical (unpaired) electrons. The lowest BCUT2D eigenvalue weighted by atomic mass is 10.1. The van der Waals surface area contributed by atoms with Crippen LogP contribution in [0.1, 0.15) is 12.0 Å². The fraction of sp³-hybridized carbons (Fsp3) is 0.222. The molecule has 24 heavy (non-hydrogen) atoms. The zero-order valence-electron chi connectivity index (χ0n) is 13.3. The van der Waals surface area contributed by atoms with Gasteiger partial charge in [0, 0.05) is 10.9 Å². The van der Waals surface area contributed by atoms with E-state index in [1.807, 2.05) is 36.4 Å². The van der Waals surface area contributed by atoms with Gasteiger partial charge in [0.2, 0.25) is 0 Å². The molecule has 2 aromatic carbocycles. The van der Waals surface area contributed by atoms with E-state index in [-0.39, 0.29) is 18.9 Å². The quantitative estimate of drug-likeness (QED) is 0.732. The van der Waals surface area contributed by atoms with Crippen LogP contribution in [0.3, 0.4) is 0 Å². The smallest absolute Gasteiger partial charge is 0.306 e. The predicted octanol–water partition coefficient (Wildman–Crippen LogP) is 3.57. The van der Waals surface area contributed by atoms with Gasteiger partial charge < -0.3 is 14.8 Å². The van der Waals surface area contributed by atoms with Crippen LogP contribution in [0.15, 0.2) is 53.0 Å². The van der Waals surface area contributed by atoms with Crippen molar-refractivity contribution in [3.05, 3.63) is 58.6 Å². The minimum absolute atomic E-state index is 0.183. The number of hydrogen-bond acceptors (Lipinski definition) is 4. The minimum atomic E-state index is -0.428. The number of para-hydroxylation sites is 2. The van der Waals surface area contributed by atoms with Crippen molar-refractivity contribution in [1.82, 2.24) is 0 Å². The van der Waals surface area contributed by atoms with Crippen LogP contribution in [0.5, 0.6) is 5.75 Å². The van der Waals surface area contributed by atoms with Gasteiger partial charge in [0.15, 0.2) is 6.61 Å². The first-order chi connectivity index (χ1) is 11.6. The molecule has 5 nitrogen and oxygen atoms in total. The number of esters is 1. The van der Waals surface area contributed by atoms with E-state index in [2.05, 4.69) is 21.2 Å². The van der Waals surface area contributed by atoms with Gasteiger partial charge in [-0.1, -0.05) is 30.3 Å². The summed E-state index contributed by atoms with van der Waals surface area (Å²) in [6.07, 6.45) is 0.678.